The van der Waals surface area contributed by atoms with E-state index in [4.69, 9.17) is 27.9 Å². The van der Waals surface area contributed by atoms with E-state index in [2.05, 4.69) is 15.0 Å². The average molecular weight is 470 g/mol. The largest absolute Gasteiger partial charge is 0.445 e. The van der Waals surface area contributed by atoms with Crippen molar-refractivity contribution in [3.05, 3.63) is 76.9 Å². The van der Waals surface area contributed by atoms with Crippen LogP contribution in [0.15, 0.2) is 61.1 Å². The molecule has 0 bridgehead atoms. The third kappa shape index (κ3) is 5.18. The Balaban J connectivity index is 1.43. The van der Waals surface area contributed by atoms with E-state index in [1.807, 2.05) is 47.0 Å². The molecule has 2 aromatic heterocycles. The van der Waals surface area contributed by atoms with Crippen molar-refractivity contribution in [3.8, 4) is 11.3 Å². The first-order valence-corrected chi connectivity index (χ1v) is 10.8. The quantitative estimate of drug-likeness (QED) is 0.336. The van der Waals surface area contributed by atoms with Crippen LogP contribution in [0.2, 0.25) is 10.3 Å². The fourth-order valence-corrected chi connectivity index (χ4v) is 3.78. The van der Waals surface area contributed by atoms with E-state index in [9.17, 15) is 4.79 Å². The second kappa shape index (κ2) is 9.97. The lowest BCUT2D eigenvalue weighted by molar-refractivity contribution is 0.104. The summed E-state index contributed by atoms with van der Waals surface area (Å²) >= 11 is 12.3. The Labute approximate surface area is 195 Å². The van der Waals surface area contributed by atoms with Crippen molar-refractivity contribution in [2.75, 3.05) is 13.6 Å². The number of imidazole rings is 1. The molecule has 7 nitrogen and oxygen atoms in total. The number of benzene rings is 2. The van der Waals surface area contributed by atoms with Crippen LogP contribution in [0.1, 0.15) is 12.0 Å². The van der Waals surface area contributed by atoms with E-state index in [1.54, 1.807) is 30.5 Å². The zero-order valence-corrected chi connectivity index (χ0v) is 18.9. The van der Waals surface area contributed by atoms with Gasteiger partial charge in [-0.3, -0.25) is 0 Å². The fourth-order valence-electron chi connectivity index (χ4n) is 3.42. The number of carbonyl (C=O) groups is 1. The summed E-state index contributed by atoms with van der Waals surface area (Å²) in [5.74, 6) is 0. The molecule has 2 heterocycles. The van der Waals surface area contributed by atoms with Gasteiger partial charge in [0.2, 0.25) is 5.28 Å². The summed E-state index contributed by atoms with van der Waals surface area (Å²) in [5.41, 5.74) is 4.11. The Morgan fingerprint density at radius 1 is 1.12 bits per heavy atom. The number of halogens is 2. The van der Waals surface area contributed by atoms with E-state index in [1.165, 1.54) is 0 Å². The van der Waals surface area contributed by atoms with Crippen LogP contribution in [0.3, 0.4) is 0 Å². The van der Waals surface area contributed by atoms with Crippen molar-refractivity contribution < 1.29 is 9.53 Å². The second-order valence-corrected chi connectivity index (χ2v) is 8.06. The van der Waals surface area contributed by atoms with E-state index in [-0.39, 0.29) is 18.0 Å². The van der Waals surface area contributed by atoms with Crippen LogP contribution in [-0.2, 0) is 17.9 Å². The molecule has 4 aromatic rings. The van der Waals surface area contributed by atoms with Crippen molar-refractivity contribution in [2.45, 2.75) is 19.6 Å². The molecule has 0 saturated heterocycles. The molecule has 0 atom stereocenters. The molecular formula is C23H21Cl2N5O2. The van der Waals surface area contributed by atoms with Gasteiger partial charge in [0.25, 0.3) is 0 Å². The Hall–Kier alpha value is -3.16. The van der Waals surface area contributed by atoms with Gasteiger partial charge in [-0.15, -0.1) is 0 Å². The van der Waals surface area contributed by atoms with Gasteiger partial charge in [-0.25, -0.2) is 19.7 Å². The molecule has 164 valence electrons. The first-order valence-electron chi connectivity index (χ1n) is 10.1. The molecule has 1 amide bonds. The lowest BCUT2D eigenvalue weighted by Gasteiger charge is -2.17. The number of carbonyl (C=O) groups excluding carboxylic acids is 1. The number of ether oxygens (including phenoxy) is 1. The van der Waals surface area contributed by atoms with Crippen LogP contribution in [0.25, 0.3) is 22.3 Å². The van der Waals surface area contributed by atoms with E-state index >= 15 is 0 Å². The molecule has 0 spiro atoms. The minimum Gasteiger partial charge on any atom is -0.445 e. The Kier molecular flexibility index (Phi) is 6.87. The Morgan fingerprint density at radius 3 is 2.72 bits per heavy atom. The predicted octanol–water partition coefficient (Wildman–Crippen LogP) is 5.46. The number of amides is 1. The molecule has 0 aliphatic rings. The van der Waals surface area contributed by atoms with Gasteiger partial charge in [0.05, 0.1) is 23.1 Å². The molecule has 4 rings (SSSR count). The first-order chi connectivity index (χ1) is 15.5. The topological polar surface area (TPSA) is 73.1 Å². The summed E-state index contributed by atoms with van der Waals surface area (Å²) in [5, 5.41) is 0.728. The highest BCUT2D eigenvalue weighted by Crippen LogP contribution is 2.31. The Bertz CT molecular complexity index is 1230. The maximum atomic E-state index is 12.3. The number of fused-ring (bicyclic) bond motifs is 1. The smallest absolute Gasteiger partial charge is 0.409 e. The minimum atomic E-state index is -0.354. The average Bonchev–Trinajstić information content (AvgIpc) is 3.20. The zero-order valence-electron chi connectivity index (χ0n) is 17.4. The normalized spacial score (nSPS) is 11.0. The lowest BCUT2D eigenvalue weighted by Crippen LogP contribution is -2.29. The Morgan fingerprint density at radius 2 is 1.94 bits per heavy atom. The summed E-state index contributed by atoms with van der Waals surface area (Å²) < 4.78 is 7.40. The molecule has 0 radical (unpaired) electrons. The molecule has 0 aliphatic heterocycles. The van der Waals surface area contributed by atoms with Crippen molar-refractivity contribution in [3.63, 3.8) is 0 Å². The molecule has 0 fully saturated rings. The summed E-state index contributed by atoms with van der Waals surface area (Å²) in [7, 11) is 1.73. The van der Waals surface area contributed by atoms with Crippen LogP contribution in [-0.4, -0.2) is 44.1 Å². The highest BCUT2D eigenvalue weighted by atomic mass is 35.5. The van der Waals surface area contributed by atoms with Gasteiger partial charge in [0, 0.05) is 36.9 Å². The van der Waals surface area contributed by atoms with Gasteiger partial charge >= 0.3 is 6.09 Å². The maximum Gasteiger partial charge on any atom is 0.409 e. The van der Waals surface area contributed by atoms with Gasteiger partial charge in [0.15, 0.2) is 0 Å². The van der Waals surface area contributed by atoms with Gasteiger partial charge < -0.3 is 14.2 Å². The van der Waals surface area contributed by atoms with E-state index in [0.717, 1.165) is 28.6 Å². The fraction of sp³-hybridized carbons (Fsp3) is 0.217. The molecule has 2 aromatic carbocycles. The monoisotopic (exact) mass is 469 g/mol. The van der Waals surface area contributed by atoms with Crippen LogP contribution in [0.5, 0.6) is 0 Å². The maximum absolute atomic E-state index is 12.3. The van der Waals surface area contributed by atoms with Crippen molar-refractivity contribution >= 4 is 40.3 Å². The van der Waals surface area contributed by atoms with Gasteiger partial charge in [0.1, 0.15) is 6.61 Å². The van der Waals surface area contributed by atoms with Crippen molar-refractivity contribution in [2.24, 2.45) is 0 Å². The van der Waals surface area contributed by atoms with Crippen LogP contribution in [0, 0.1) is 0 Å². The minimum absolute atomic E-state index is 0.164. The zero-order chi connectivity index (χ0) is 22.5. The van der Waals surface area contributed by atoms with Crippen LogP contribution in [0.4, 0.5) is 4.79 Å². The molecule has 0 saturated carbocycles. The molecule has 0 unspecified atom stereocenters. The third-order valence-electron chi connectivity index (χ3n) is 4.99. The number of rotatable bonds is 7. The summed E-state index contributed by atoms with van der Waals surface area (Å²) in [6.07, 6.45) is 3.73. The van der Waals surface area contributed by atoms with Crippen LogP contribution < -0.4 is 0 Å². The highest BCUT2D eigenvalue weighted by Gasteiger charge is 2.15. The predicted molar refractivity (Wildman–Crippen MR) is 125 cm³/mol. The van der Waals surface area contributed by atoms with E-state index in [0.29, 0.717) is 23.8 Å². The number of hydrogen-bond donors (Lipinski definition) is 0. The number of aryl methyl sites for hydroxylation is 1. The molecular weight excluding hydrogens is 449 g/mol. The van der Waals surface area contributed by atoms with E-state index < -0.39 is 0 Å². The molecule has 0 aliphatic carbocycles. The van der Waals surface area contributed by atoms with Gasteiger partial charge in [-0.1, -0.05) is 41.9 Å². The molecule has 32 heavy (non-hydrogen) atoms. The second-order valence-electron chi connectivity index (χ2n) is 7.29. The lowest BCUT2D eigenvalue weighted by atomic mass is 10.1. The highest BCUT2D eigenvalue weighted by molar-refractivity contribution is 6.32. The van der Waals surface area contributed by atoms with Crippen LogP contribution >= 0.6 is 23.2 Å². The molecule has 0 N–H and O–H groups in total. The number of aromatic nitrogens is 4. The summed E-state index contributed by atoms with van der Waals surface area (Å²) in [6.45, 7) is 1.44. The summed E-state index contributed by atoms with van der Waals surface area (Å²) in [4.78, 5) is 26.6. The number of hydrogen-bond acceptors (Lipinski definition) is 5. The molecule has 9 heteroatoms. The first kappa shape index (κ1) is 22.0. The van der Waals surface area contributed by atoms with Crippen molar-refractivity contribution in [1.29, 1.82) is 0 Å². The third-order valence-corrected chi connectivity index (χ3v) is 5.39. The standard InChI is InChI=1S/C23H21Cl2N5O2/c1-29(23(31)32-14-16-6-3-2-4-7-16)10-5-11-30-15-27-20-13-17(24)12-18(21(20)30)19-8-9-26-22(25)28-19/h2-4,6-9,12-13,15H,5,10-11,14H2,1H3. The van der Waals surface area contributed by atoms with Gasteiger partial charge in [-0.05, 0) is 41.8 Å². The SMILES string of the molecule is CN(CCCn1cnc2cc(Cl)cc(-c3ccnc(Cl)n3)c21)C(=O)OCc1ccccc1. The summed E-state index contributed by atoms with van der Waals surface area (Å²) in [6, 6.07) is 15.0. The van der Waals surface area contributed by atoms with Gasteiger partial charge in [-0.2, -0.15) is 0 Å². The van der Waals surface area contributed by atoms with Crippen molar-refractivity contribution in [1.82, 2.24) is 24.4 Å². The number of nitrogens with zero attached hydrogens (tertiary/aromatic N) is 5.